The van der Waals surface area contributed by atoms with Gasteiger partial charge in [0.1, 0.15) is 0 Å². The molecule has 0 saturated carbocycles. The van der Waals surface area contributed by atoms with Gasteiger partial charge in [0, 0.05) is 25.4 Å². The molecule has 0 aliphatic rings. The average molecular weight is 466 g/mol. The number of hydrogen-bond acceptors (Lipinski definition) is 5. The van der Waals surface area contributed by atoms with E-state index in [1.165, 1.54) is 11.4 Å². The number of carbonyl (C=O) groups excluding carboxylic acids is 1. The molecule has 0 fully saturated rings. The molecule has 0 radical (unpaired) electrons. The first-order valence-corrected chi connectivity index (χ1v) is 14.6. The number of aryl methyl sites for hydroxylation is 1. The van der Waals surface area contributed by atoms with Gasteiger partial charge in [-0.2, -0.15) is 4.31 Å². The highest BCUT2D eigenvalue weighted by atomic mass is 32.2. The van der Waals surface area contributed by atoms with Gasteiger partial charge in [-0.25, -0.2) is 13.2 Å². The van der Waals surface area contributed by atoms with Crippen molar-refractivity contribution in [2.24, 2.45) is 0 Å². The van der Waals surface area contributed by atoms with E-state index in [0.717, 1.165) is 5.56 Å². The van der Waals surface area contributed by atoms with Crippen LogP contribution in [0, 0.1) is 18.8 Å². The van der Waals surface area contributed by atoms with Gasteiger partial charge in [0.05, 0.1) is 18.6 Å². The standard InChI is InChI=1S/C23H35NO5SSi/c1-20-13-15-21(16-14-20)30(26,27)24(17-9-8-12-22(25)28-5)18-10-11-19-29-31(6,7)23(2,3)4/h10-11,13-16H,9,17-19H2,1-7H3/b11-10+. The number of esters is 1. The Bertz CT molecular complexity index is 919. The van der Waals surface area contributed by atoms with Gasteiger partial charge in [0.15, 0.2) is 8.32 Å². The van der Waals surface area contributed by atoms with Gasteiger partial charge >= 0.3 is 5.97 Å². The quantitative estimate of drug-likeness (QED) is 0.180. The largest absolute Gasteiger partial charge is 0.459 e. The molecule has 0 amide bonds. The topological polar surface area (TPSA) is 72.9 Å². The second-order valence-corrected chi connectivity index (χ2v) is 15.5. The Hall–Kier alpha value is -1.92. The van der Waals surface area contributed by atoms with Gasteiger partial charge in [0.2, 0.25) is 10.0 Å². The van der Waals surface area contributed by atoms with E-state index in [-0.39, 0.29) is 29.4 Å². The molecule has 0 N–H and O–H groups in total. The minimum Gasteiger partial charge on any atom is -0.459 e. The molecule has 31 heavy (non-hydrogen) atoms. The lowest BCUT2D eigenvalue weighted by Crippen LogP contribution is -2.40. The van der Waals surface area contributed by atoms with Crippen molar-refractivity contribution >= 4 is 24.3 Å². The number of sulfonamides is 1. The van der Waals surface area contributed by atoms with Gasteiger partial charge in [0.25, 0.3) is 0 Å². The third-order valence-corrected chi connectivity index (χ3v) is 11.7. The summed E-state index contributed by atoms with van der Waals surface area (Å²) in [5.41, 5.74) is 0.983. The SMILES string of the molecule is COC(=O)C#CCCN(C/C=C/CO[Si](C)(C)C(C)(C)C)S(=O)(=O)c1ccc(C)cc1. The Balaban J connectivity index is 2.91. The zero-order valence-electron chi connectivity index (χ0n) is 19.7. The van der Waals surface area contributed by atoms with Crippen LogP contribution in [0.4, 0.5) is 0 Å². The Kier molecular flexibility index (Phi) is 10.2. The van der Waals surface area contributed by atoms with Crippen LogP contribution in [0.2, 0.25) is 18.1 Å². The van der Waals surface area contributed by atoms with Crippen molar-refractivity contribution in [2.45, 2.75) is 57.1 Å². The van der Waals surface area contributed by atoms with E-state index in [0.29, 0.717) is 6.61 Å². The smallest absolute Gasteiger partial charge is 0.384 e. The average Bonchev–Trinajstić information content (AvgIpc) is 2.68. The number of hydrogen-bond donors (Lipinski definition) is 0. The minimum absolute atomic E-state index is 0.111. The molecule has 0 atom stereocenters. The van der Waals surface area contributed by atoms with Crippen LogP contribution in [0.3, 0.4) is 0 Å². The van der Waals surface area contributed by atoms with Crippen LogP contribution >= 0.6 is 0 Å². The maximum atomic E-state index is 13.1. The lowest BCUT2D eigenvalue weighted by Gasteiger charge is -2.35. The monoisotopic (exact) mass is 465 g/mol. The Morgan fingerprint density at radius 3 is 2.32 bits per heavy atom. The fraction of sp³-hybridized carbons (Fsp3) is 0.522. The molecule has 0 unspecified atom stereocenters. The van der Waals surface area contributed by atoms with Crippen molar-refractivity contribution in [1.82, 2.24) is 4.31 Å². The summed E-state index contributed by atoms with van der Waals surface area (Å²) in [6.45, 7) is 13.6. The maximum Gasteiger partial charge on any atom is 0.384 e. The van der Waals surface area contributed by atoms with Crippen LogP contribution < -0.4 is 0 Å². The van der Waals surface area contributed by atoms with Crippen LogP contribution in [-0.4, -0.2) is 53.8 Å². The van der Waals surface area contributed by atoms with E-state index in [2.05, 4.69) is 50.4 Å². The number of benzene rings is 1. The number of methoxy groups -OCH3 is 1. The van der Waals surface area contributed by atoms with Gasteiger partial charge < -0.3 is 9.16 Å². The molecule has 0 heterocycles. The number of rotatable bonds is 9. The van der Waals surface area contributed by atoms with E-state index >= 15 is 0 Å². The van der Waals surface area contributed by atoms with Crippen LogP contribution in [0.15, 0.2) is 41.3 Å². The summed E-state index contributed by atoms with van der Waals surface area (Å²) in [5.74, 6) is 4.35. The predicted molar refractivity (Wildman–Crippen MR) is 127 cm³/mol. The molecule has 0 spiro atoms. The zero-order chi connectivity index (χ0) is 23.7. The summed E-state index contributed by atoms with van der Waals surface area (Å²) < 4.78 is 38.2. The van der Waals surface area contributed by atoms with Crippen molar-refractivity contribution in [3.05, 3.63) is 42.0 Å². The molecule has 0 aliphatic heterocycles. The molecule has 0 saturated heterocycles. The summed E-state index contributed by atoms with van der Waals surface area (Å²) in [6.07, 6.45) is 3.87. The van der Waals surface area contributed by atoms with Crippen molar-refractivity contribution in [1.29, 1.82) is 0 Å². The van der Waals surface area contributed by atoms with Crippen molar-refractivity contribution < 1.29 is 22.4 Å². The number of nitrogens with zero attached hydrogens (tertiary/aromatic N) is 1. The molecular formula is C23H35NO5SSi. The normalized spacial score (nSPS) is 12.6. The van der Waals surface area contributed by atoms with Crippen LogP contribution in [0.25, 0.3) is 0 Å². The van der Waals surface area contributed by atoms with Gasteiger partial charge in [-0.1, -0.05) is 56.5 Å². The Morgan fingerprint density at radius 2 is 1.77 bits per heavy atom. The zero-order valence-corrected chi connectivity index (χ0v) is 21.5. The van der Waals surface area contributed by atoms with E-state index < -0.39 is 24.3 Å². The first-order chi connectivity index (χ1) is 14.3. The molecule has 0 aromatic heterocycles. The third-order valence-electron chi connectivity index (χ3n) is 5.34. The molecule has 1 rings (SSSR count). The highest BCUT2D eigenvalue weighted by Crippen LogP contribution is 2.36. The summed E-state index contributed by atoms with van der Waals surface area (Å²) in [6, 6.07) is 6.74. The second kappa shape index (κ2) is 11.6. The predicted octanol–water partition coefficient (Wildman–Crippen LogP) is 4.13. The molecule has 0 bridgehead atoms. The lowest BCUT2D eigenvalue weighted by molar-refractivity contribution is -0.133. The lowest BCUT2D eigenvalue weighted by atomic mass is 10.2. The van der Waals surface area contributed by atoms with Crippen molar-refractivity contribution in [3.8, 4) is 11.8 Å². The number of carbonyl (C=O) groups is 1. The number of ether oxygens (including phenoxy) is 1. The van der Waals surface area contributed by atoms with E-state index in [4.69, 9.17) is 4.43 Å². The molecule has 1 aromatic rings. The molecule has 1 aromatic carbocycles. The highest BCUT2D eigenvalue weighted by Gasteiger charge is 2.36. The Labute approximate surface area is 188 Å². The van der Waals surface area contributed by atoms with E-state index in [1.54, 1.807) is 30.3 Å². The fourth-order valence-corrected chi connectivity index (χ4v) is 4.61. The Morgan fingerprint density at radius 1 is 1.16 bits per heavy atom. The van der Waals surface area contributed by atoms with Crippen LogP contribution in [0.5, 0.6) is 0 Å². The minimum atomic E-state index is -3.70. The highest BCUT2D eigenvalue weighted by molar-refractivity contribution is 7.89. The van der Waals surface area contributed by atoms with Crippen LogP contribution in [-0.2, 0) is 24.0 Å². The fourth-order valence-electron chi connectivity index (χ4n) is 2.27. The van der Waals surface area contributed by atoms with Gasteiger partial charge in [-0.05, 0) is 37.2 Å². The third kappa shape index (κ3) is 8.61. The summed E-state index contributed by atoms with van der Waals surface area (Å²) in [5, 5.41) is 0.111. The summed E-state index contributed by atoms with van der Waals surface area (Å²) >= 11 is 0. The molecular weight excluding hydrogens is 430 g/mol. The van der Waals surface area contributed by atoms with Gasteiger partial charge in [-0.3, -0.25) is 0 Å². The molecule has 8 heteroatoms. The molecule has 0 aliphatic carbocycles. The van der Waals surface area contributed by atoms with E-state index in [1.807, 2.05) is 13.0 Å². The van der Waals surface area contributed by atoms with Crippen LogP contribution in [0.1, 0.15) is 32.8 Å². The van der Waals surface area contributed by atoms with E-state index in [9.17, 15) is 13.2 Å². The first kappa shape index (κ1) is 27.1. The molecule has 172 valence electrons. The summed E-state index contributed by atoms with van der Waals surface area (Å²) in [7, 11) is -4.31. The van der Waals surface area contributed by atoms with Crippen molar-refractivity contribution in [2.75, 3.05) is 26.8 Å². The van der Waals surface area contributed by atoms with Crippen molar-refractivity contribution in [3.63, 3.8) is 0 Å². The summed E-state index contributed by atoms with van der Waals surface area (Å²) in [4.78, 5) is 11.4. The second-order valence-electron chi connectivity index (χ2n) is 8.76. The molecule has 6 nitrogen and oxygen atoms in total. The first-order valence-electron chi connectivity index (χ1n) is 10.2. The maximum absolute atomic E-state index is 13.1. The van der Waals surface area contributed by atoms with Gasteiger partial charge in [-0.15, -0.1) is 0 Å².